The molecule has 18 heavy (non-hydrogen) atoms. The minimum absolute atomic E-state index is 0.471. The Morgan fingerprint density at radius 1 is 1.33 bits per heavy atom. The molecule has 0 aliphatic heterocycles. The van der Waals surface area contributed by atoms with Crippen LogP contribution in [0.3, 0.4) is 0 Å². The summed E-state index contributed by atoms with van der Waals surface area (Å²) in [6.07, 6.45) is 9.58. The minimum atomic E-state index is 0.471. The summed E-state index contributed by atoms with van der Waals surface area (Å²) in [5, 5.41) is 8.18. The summed E-state index contributed by atoms with van der Waals surface area (Å²) in [7, 11) is 0. The first-order valence-corrected chi connectivity index (χ1v) is 6.41. The Labute approximate surface area is 105 Å². The molecule has 2 aromatic rings. The summed E-state index contributed by atoms with van der Waals surface area (Å²) in [5.74, 6) is 1.92. The highest BCUT2D eigenvalue weighted by atomic mass is 16.5. The van der Waals surface area contributed by atoms with Gasteiger partial charge in [0, 0.05) is 12.1 Å². The predicted molar refractivity (Wildman–Crippen MR) is 65.9 cm³/mol. The van der Waals surface area contributed by atoms with E-state index in [-0.39, 0.29) is 0 Å². The van der Waals surface area contributed by atoms with Crippen LogP contribution in [0.15, 0.2) is 16.9 Å². The number of aromatic nitrogens is 4. The lowest BCUT2D eigenvalue weighted by molar-refractivity contribution is 0.349. The van der Waals surface area contributed by atoms with Gasteiger partial charge in [0.2, 0.25) is 5.89 Å². The molecule has 0 bridgehead atoms. The fourth-order valence-corrected chi connectivity index (χ4v) is 2.46. The van der Waals surface area contributed by atoms with Crippen molar-refractivity contribution in [3.8, 4) is 0 Å². The predicted octanol–water partition coefficient (Wildman–Crippen LogP) is 1.94. The van der Waals surface area contributed by atoms with E-state index < -0.39 is 0 Å². The monoisotopic (exact) mass is 247 g/mol. The molecular formula is C12H17N5O. The normalized spacial score (nSPS) is 17.1. The van der Waals surface area contributed by atoms with Gasteiger partial charge in [0.15, 0.2) is 5.82 Å². The molecule has 0 amide bonds. The van der Waals surface area contributed by atoms with Gasteiger partial charge in [-0.2, -0.15) is 10.1 Å². The molecule has 2 aromatic heterocycles. The fourth-order valence-electron chi connectivity index (χ4n) is 2.46. The van der Waals surface area contributed by atoms with Gasteiger partial charge >= 0.3 is 0 Å². The molecule has 0 atom stereocenters. The first kappa shape index (κ1) is 11.3. The lowest BCUT2D eigenvalue weighted by Crippen LogP contribution is -2.06. The first-order valence-electron chi connectivity index (χ1n) is 6.41. The van der Waals surface area contributed by atoms with Gasteiger partial charge < -0.3 is 10.3 Å². The zero-order valence-corrected chi connectivity index (χ0v) is 10.2. The van der Waals surface area contributed by atoms with Gasteiger partial charge in [-0.1, -0.05) is 24.4 Å². The molecule has 0 unspecified atom stereocenters. The van der Waals surface area contributed by atoms with Crippen LogP contribution in [-0.4, -0.2) is 19.9 Å². The Morgan fingerprint density at radius 2 is 2.17 bits per heavy atom. The van der Waals surface area contributed by atoms with E-state index in [4.69, 9.17) is 10.3 Å². The molecule has 96 valence electrons. The topological polar surface area (TPSA) is 82.8 Å². The zero-order chi connectivity index (χ0) is 12.4. The summed E-state index contributed by atoms with van der Waals surface area (Å²) in [4.78, 5) is 4.46. The Balaban J connectivity index is 1.69. The maximum Gasteiger partial charge on any atom is 0.248 e. The molecule has 6 heteroatoms. The van der Waals surface area contributed by atoms with Crippen LogP contribution in [0.4, 0.5) is 5.69 Å². The van der Waals surface area contributed by atoms with Gasteiger partial charge in [-0.05, 0) is 12.8 Å². The lowest BCUT2D eigenvalue weighted by Gasteiger charge is -2.17. The molecular weight excluding hydrogens is 230 g/mol. The molecule has 1 fully saturated rings. The Bertz CT molecular complexity index is 512. The van der Waals surface area contributed by atoms with Crippen LogP contribution < -0.4 is 5.73 Å². The molecule has 1 saturated carbocycles. The third-order valence-electron chi connectivity index (χ3n) is 3.40. The number of anilines is 1. The second-order valence-electron chi connectivity index (χ2n) is 4.85. The fraction of sp³-hybridized carbons (Fsp3) is 0.583. The third-order valence-corrected chi connectivity index (χ3v) is 3.40. The van der Waals surface area contributed by atoms with Crippen LogP contribution in [0.1, 0.15) is 49.7 Å². The quantitative estimate of drug-likeness (QED) is 0.896. The second kappa shape index (κ2) is 4.80. The van der Waals surface area contributed by atoms with E-state index in [1.54, 1.807) is 17.1 Å². The van der Waals surface area contributed by atoms with Crippen LogP contribution in [0.5, 0.6) is 0 Å². The number of nitrogen functional groups attached to an aromatic ring is 1. The van der Waals surface area contributed by atoms with E-state index >= 15 is 0 Å². The van der Waals surface area contributed by atoms with E-state index in [0.717, 1.165) is 5.82 Å². The van der Waals surface area contributed by atoms with Gasteiger partial charge in [-0.3, -0.25) is 4.68 Å². The van der Waals surface area contributed by atoms with Crippen molar-refractivity contribution in [3.05, 3.63) is 24.1 Å². The highest BCUT2D eigenvalue weighted by Crippen LogP contribution is 2.30. The molecule has 3 rings (SSSR count). The number of hydrogen-bond donors (Lipinski definition) is 1. The van der Waals surface area contributed by atoms with Gasteiger partial charge in [0.1, 0.15) is 6.54 Å². The SMILES string of the molecule is Nc1cnn(Cc2nc(C3CCCCC3)no2)c1. The molecule has 0 aromatic carbocycles. The zero-order valence-electron chi connectivity index (χ0n) is 10.2. The smallest absolute Gasteiger partial charge is 0.248 e. The molecule has 0 spiro atoms. The van der Waals surface area contributed by atoms with Crippen molar-refractivity contribution in [2.45, 2.75) is 44.6 Å². The van der Waals surface area contributed by atoms with Crippen molar-refractivity contribution in [2.24, 2.45) is 0 Å². The summed E-state index contributed by atoms with van der Waals surface area (Å²) < 4.78 is 6.97. The van der Waals surface area contributed by atoms with Crippen LogP contribution in [0.25, 0.3) is 0 Å². The van der Waals surface area contributed by atoms with Crippen molar-refractivity contribution in [2.75, 3.05) is 5.73 Å². The van der Waals surface area contributed by atoms with E-state index in [0.29, 0.717) is 24.0 Å². The summed E-state index contributed by atoms with van der Waals surface area (Å²) in [6.45, 7) is 0.483. The average Bonchev–Trinajstić information content (AvgIpc) is 3.01. The second-order valence-corrected chi connectivity index (χ2v) is 4.85. The van der Waals surface area contributed by atoms with Crippen molar-refractivity contribution < 1.29 is 4.52 Å². The molecule has 0 saturated heterocycles. The molecule has 0 radical (unpaired) electrons. The Morgan fingerprint density at radius 3 is 2.89 bits per heavy atom. The van der Waals surface area contributed by atoms with Crippen molar-refractivity contribution >= 4 is 5.69 Å². The Kier molecular flexibility index (Phi) is 3.00. The van der Waals surface area contributed by atoms with Crippen LogP contribution >= 0.6 is 0 Å². The summed E-state index contributed by atoms with van der Waals surface area (Å²) >= 11 is 0. The van der Waals surface area contributed by atoms with Crippen molar-refractivity contribution in [1.29, 1.82) is 0 Å². The average molecular weight is 247 g/mol. The van der Waals surface area contributed by atoms with E-state index in [1.807, 2.05) is 0 Å². The number of hydrogen-bond acceptors (Lipinski definition) is 5. The highest BCUT2D eigenvalue weighted by molar-refractivity contribution is 5.30. The largest absolute Gasteiger partial charge is 0.396 e. The van der Waals surface area contributed by atoms with Crippen LogP contribution in [0.2, 0.25) is 0 Å². The minimum Gasteiger partial charge on any atom is -0.396 e. The molecule has 6 nitrogen and oxygen atoms in total. The van der Waals surface area contributed by atoms with Gasteiger partial charge in [0.05, 0.1) is 11.9 Å². The third kappa shape index (κ3) is 2.37. The maximum atomic E-state index is 5.60. The van der Waals surface area contributed by atoms with Gasteiger partial charge in [-0.15, -0.1) is 0 Å². The molecule has 2 N–H and O–H groups in total. The maximum absolute atomic E-state index is 5.60. The Hall–Kier alpha value is -1.85. The van der Waals surface area contributed by atoms with Crippen molar-refractivity contribution in [1.82, 2.24) is 19.9 Å². The van der Waals surface area contributed by atoms with Gasteiger partial charge in [-0.25, -0.2) is 0 Å². The summed E-state index contributed by atoms with van der Waals surface area (Å²) in [5.41, 5.74) is 6.25. The number of nitrogens with two attached hydrogens (primary N) is 1. The molecule has 2 heterocycles. The number of nitrogens with zero attached hydrogens (tertiary/aromatic N) is 4. The molecule has 1 aliphatic rings. The van der Waals surface area contributed by atoms with Crippen LogP contribution in [0, 0.1) is 0 Å². The summed E-state index contributed by atoms with van der Waals surface area (Å²) in [6, 6.07) is 0. The standard InChI is InChI=1S/C12H17N5O/c13-10-6-14-17(7-10)8-11-15-12(16-18-11)9-4-2-1-3-5-9/h6-7,9H,1-5,8,13H2. The molecule has 1 aliphatic carbocycles. The van der Waals surface area contributed by atoms with E-state index in [9.17, 15) is 0 Å². The van der Waals surface area contributed by atoms with Crippen LogP contribution in [-0.2, 0) is 6.54 Å². The van der Waals surface area contributed by atoms with E-state index in [1.165, 1.54) is 32.1 Å². The van der Waals surface area contributed by atoms with Crippen molar-refractivity contribution in [3.63, 3.8) is 0 Å². The highest BCUT2D eigenvalue weighted by Gasteiger charge is 2.20. The lowest BCUT2D eigenvalue weighted by atomic mass is 9.89. The first-order chi connectivity index (χ1) is 8.81. The number of rotatable bonds is 3. The van der Waals surface area contributed by atoms with E-state index in [2.05, 4.69) is 15.2 Å². The van der Waals surface area contributed by atoms with Gasteiger partial charge in [0.25, 0.3) is 0 Å².